The Morgan fingerprint density at radius 3 is 2.43 bits per heavy atom. The second-order valence-corrected chi connectivity index (χ2v) is 12.6. The van der Waals surface area contributed by atoms with Crippen LogP contribution in [-0.4, -0.2) is 40.9 Å². The van der Waals surface area contributed by atoms with Crippen molar-refractivity contribution in [1.82, 2.24) is 0 Å². The molecule has 6 aliphatic rings. The lowest BCUT2D eigenvalue weighted by atomic mass is 9.34. The van der Waals surface area contributed by atoms with E-state index < -0.39 is 5.60 Å². The number of hydrogen-bond acceptors (Lipinski definition) is 4. The highest BCUT2D eigenvalue weighted by atomic mass is 16.5. The molecule has 0 aromatic carbocycles. The average Bonchev–Trinajstić information content (AvgIpc) is 3.41. The lowest BCUT2D eigenvalue weighted by Crippen LogP contribution is -2.72. The highest BCUT2D eigenvalue weighted by molar-refractivity contribution is 5.49. The lowest BCUT2D eigenvalue weighted by molar-refractivity contribution is -0.298. The fourth-order valence-corrected chi connectivity index (χ4v) is 10.9. The molecule has 0 spiro atoms. The van der Waals surface area contributed by atoms with Crippen LogP contribution in [-0.2, 0) is 9.53 Å². The molecule has 0 heterocycles. The SMILES string of the molecule is COC1(CCC=O)C2CC2C2C3C4CCC4C4(O)CC(O)CCC4(C)C3CCC21C. The van der Waals surface area contributed by atoms with Crippen molar-refractivity contribution < 1.29 is 19.7 Å². The van der Waals surface area contributed by atoms with E-state index in [1.165, 1.54) is 19.3 Å². The van der Waals surface area contributed by atoms with Crippen LogP contribution in [0.2, 0.25) is 0 Å². The van der Waals surface area contributed by atoms with E-state index in [0.29, 0.717) is 48.3 Å². The van der Waals surface area contributed by atoms with Crippen LogP contribution in [0.4, 0.5) is 0 Å². The summed E-state index contributed by atoms with van der Waals surface area (Å²) in [6.45, 7) is 4.87. The maximum atomic E-state index is 12.1. The summed E-state index contributed by atoms with van der Waals surface area (Å²) in [5.74, 6) is 4.28. The number of aldehydes is 1. The zero-order chi connectivity index (χ0) is 21.1. The molecule has 2 N–H and O–H groups in total. The molecule has 12 atom stereocenters. The van der Waals surface area contributed by atoms with Crippen molar-refractivity contribution >= 4 is 6.29 Å². The third-order valence-corrected chi connectivity index (χ3v) is 12.2. The van der Waals surface area contributed by atoms with Gasteiger partial charge in [0.1, 0.15) is 6.29 Å². The second-order valence-electron chi connectivity index (χ2n) is 12.6. The second kappa shape index (κ2) is 6.11. The van der Waals surface area contributed by atoms with E-state index >= 15 is 0 Å². The van der Waals surface area contributed by atoms with Crippen LogP contribution in [0.1, 0.15) is 78.1 Å². The van der Waals surface area contributed by atoms with E-state index in [2.05, 4.69) is 13.8 Å². The monoisotopic (exact) mass is 416 g/mol. The Morgan fingerprint density at radius 2 is 1.77 bits per heavy atom. The number of rotatable bonds is 4. The molecule has 0 bridgehead atoms. The maximum absolute atomic E-state index is 12.1. The predicted molar refractivity (Wildman–Crippen MR) is 114 cm³/mol. The molecule has 0 aromatic rings. The number of hydrogen-bond donors (Lipinski definition) is 2. The third-order valence-electron chi connectivity index (χ3n) is 12.2. The summed E-state index contributed by atoms with van der Waals surface area (Å²) < 4.78 is 6.41. The Kier molecular flexibility index (Phi) is 4.11. The summed E-state index contributed by atoms with van der Waals surface area (Å²) in [6, 6.07) is 0. The van der Waals surface area contributed by atoms with E-state index in [0.717, 1.165) is 44.3 Å². The number of methoxy groups -OCH3 is 1. The van der Waals surface area contributed by atoms with Gasteiger partial charge in [-0.15, -0.1) is 0 Å². The molecule has 0 saturated heterocycles. The van der Waals surface area contributed by atoms with E-state index in [-0.39, 0.29) is 22.5 Å². The van der Waals surface area contributed by atoms with Gasteiger partial charge in [0.05, 0.1) is 17.3 Å². The largest absolute Gasteiger partial charge is 0.393 e. The average molecular weight is 417 g/mol. The zero-order valence-corrected chi connectivity index (χ0v) is 19.0. The van der Waals surface area contributed by atoms with Gasteiger partial charge in [-0.3, -0.25) is 0 Å². The van der Waals surface area contributed by atoms with Gasteiger partial charge in [0.25, 0.3) is 0 Å². The summed E-state index contributed by atoms with van der Waals surface area (Å²) in [5, 5.41) is 22.5. The van der Waals surface area contributed by atoms with Gasteiger partial charge < -0.3 is 19.7 Å². The Labute approximate surface area is 181 Å². The van der Waals surface area contributed by atoms with Gasteiger partial charge >= 0.3 is 0 Å². The van der Waals surface area contributed by atoms with Crippen molar-refractivity contribution in [2.24, 2.45) is 52.3 Å². The Hall–Kier alpha value is -0.450. The first-order valence-electron chi connectivity index (χ1n) is 12.7. The molecule has 6 fully saturated rings. The predicted octanol–water partition coefficient (Wildman–Crippen LogP) is 3.97. The molecule has 30 heavy (non-hydrogen) atoms. The molecule has 6 saturated carbocycles. The molecule has 6 rings (SSSR count). The first-order valence-corrected chi connectivity index (χ1v) is 12.7. The van der Waals surface area contributed by atoms with Crippen LogP contribution in [0.3, 0.4) is 0 Å². The van der Waals surface area contributed by atoms with Crippen molar-refractivity contribution in [2.45, 2.75) is 95.4 Å². The zero-order valence-electron chi connectivity index (χ0n) is 19.0. The van der Waals surface area contributed by atoms with E-state index in [9.17, 15) is 15.0 Å². The van der Waals surface area contributed by atoms with Crippen LogP contribution in [0.15, 0.2) is 0 Å². The Bertz CT molecular complexity index is 753. The number of ether oxygens (including phenoxy) is 1. The van der Waals surface area contributed by atoms with Gasteiger partial charge in [-0.1, -0.05) is 13.8 Å². The van der Waals surface area contributed by atoms with Crippen LogP contribution >= 0.6 is 0 Å². The van der Waals surface area contributed by atoms with Crippen molar-refractivity contribution in [3.63, 3.8) is 0 Å². The number of carbonyl (C=O) groups is 1. The van der Waals surface area contributed by atoms with Crippen molar-refractivity contribution in [1.29, 1.82) is 0 Å². The summed E-state index contributed by atoms with van der Waals surface area (Å²) in [6.07, 6.45) is 10.6. The van der Waals surface area contributed by atoms with Crippen molar-refractivity contribution in [3.05, 3.63) is 0 Å². The molecular weight excluding hydrogens is 376 g/mol. The van der Waals surface area contributed by atoms with Crippen LogP contribution < -0.4 is 0 Å². The molecule has 12 unspecified atom stereocenters. The molecule has 168 valence electrons. The minimum atomic E-state index is -0.681. The molecule has 0 aliphatic heterocycles. The first-order chi connectivity index (χ1) is 14.3. The molecular formula is C26H40O4. The van der Waals surface area contributed by atoms with Gasteiger partial charge in [0.2, 0.25) is 0 Å². The topological polar surface area (TPSA) is 66.8 Å². The summed E-state index contributed by atoms with van der Waals surface area (Å²) in [5.41, 5.74) is -0.726. The smallest absolute Gasteiger partial charge is 0.120 e. The van der Waals surface area contributed by atoms with Crippen LogP contribution in [0.25, 0.3) is 0 Å². The number of carbonyl (C=O) groups excluding carboxylic acids is 1. The fraction of sp³-hybridized carbons (Fsp3) is 0.962. The molecule has 4 nitrogen and oxygen atoms in total. The van der Waals surface area contributed by atoms with Gasteiger partial charge in [-0.2, -0.15) is 0 Å². The van der Waals surface area contributed by atoms with Crippen molar-refractivity contribution in [3.8, 4) is 0 Å². The maximum Gasteiger partial charge on any atom is 0.120 e. The van der Waals surface area contributed by atoms with E-state index in [1.54, 1.807) is 0 Å². The molecule has 0 amide bonds. The van der Waals surface area contributed by atoms with E-state index in [4.69, 9.17) is 4.74 Å². The molecule has 6 aliphatic carbocycles. The molecule has 0 radical (unpaired) electrons. The fourth-order valence-electron chi connectivity index (χ4n) is 10.9. The number of fused-ring (bicyclic) bond motifs is 10. The summed E-state index contributed by atoms with van der Waals surface area (Å²) in [7, 11) is 1.90. The van der Waals surface area contributed by atoms with Gasteiger partial charge in [0, 0.05) is 25.4 Å². The first kappa shape index (κ1) is 20.2. The molecule has 0 aromatic heterocycles. The molecule has 4 heteroatoms. The quantitative estimate of drug-likeness (QED) is 0.681. The minimum absolute atomic E-state index is 0.0642. The normalized spacial score (nSPS) is 62.8. The number of aliphatic hydroxyl groups is 2. The number of aliphatic hydroxyl groups excluding tert-OH is 1. The third kappa shape index (κ3) is 2.04. The summed E-state index contributed by atoms with van der Waals surface area (Å²) in [4.78, 5) is 11.3. The van der Waals surface area contributed by atoms with Gasteiger partial charge in [0.15, 0.2) is 0 Å². The van der Waals surface area contributed by atoms with Crippen molar-refractivity contribution in [2.75, 3.05) is 7.11 Å². The van der Waals surface area contributed by atoms with E-state index in [1.807, 2.05) is 7.11 Å². The highest BCUT2D eigenvalue weighted by Gasteiger charge is 2.80. The highest BCUT2D eigenvalue weighted by Crippen LogP contribution is 2.81. The minimum Gasteiger partial charge on any atom is -0.393 e. The lowest BCUT2D eigenvalue weighted by Gasteiger charge is -2.72. The van der Waals surface area contributed by atoms with Gasteiger partial charge in [-0.05, 0) is 98.2 Å². The van der Waals surface area contributed by atoms with Crippen LogP contribution in [0, 0.1) is 52.3 Å². The Morgan fingerprint density at radius 1 is 1.00 bits per heavy atom. The summed E-state index contributed by atoms with van der Waals surface area (Å²) >= 11 is 0. The van der Waals surface area contributed by atoms with Gasteiger partial charge in [-0.25, -0.2) is 0 Å². The van der Waals surface area contributed by atoms with Crippen LogP contribution in [0.5, 0.6) is 0 Å². The standard InChI is InChI=1S/C26H40O4/c1-23-10-7-15(28)14-25(23,29)18-6-5-16(18)21-19(23)8-11-24(2)22(21)17-13-20(17)26(24,30-3)9-4-12-27/h12,15-22,28-29H,4-11,13-14H2,1-3H3. The Balaban J connectivity index is 1.42.